The first-order chi connectivity index (χ1) is 18.7. The van der Waals surface area contributed by atoms with Gasteiger partial charge in [0.25, 0.3) is 0 Å². The number of hydrogen-bond donors (Lipinski definition) is 0. The highest BCUT2D eigenvalue weighted by Gasteiger charge is 2.14. The number of unbranched alkanes of at least 4 members (excludes halogenated alkanes) is 16. The Balaban J connectivity index is 3.51. The third-order valence-corrected chi connectivity index (χ3v) is 8.03. The van der Waals surface area contributed by atoms with Gasteiger partial charge in [0.15, 0.2) is 0 Å². The summed E-state index contributed by atoms with van der Waals surface area (Å²) in [5.74, 6) is 0.555. The van der Waals surface area contributed by atoms with E-state index in [1.54, 1.807) is 7.11 Å². The minimum Gasteiger partial charge on any atom is -0.466 e. The molecule has 0 aliphatic carbocycles. The van der Waals surface area contributed by atoms with E-state index >= 15 is 0 Å². The van der Waals surface area contributed by atoms with Crippen molar-refractivity contribution in [3.63, 3.8) is 0 Å². The first-order valence-electron chi connectivity index (χ1n) is 16.8. The molecule has 0 bridgehead atoms. The number of carbonyl (C=O) groups excluding carboxylic acids is 1. The average Bonchev–Trinajstić information content (AvgIpc) is 2.92. The minimum atomic E-state index is 0.0287. The standard InChI is InChI=1S/C34H68O4/c1-5-7-25-32(26-8-6-2)31-34(35)38-30-24-20-16-12-10-14-18-22-28-33(37-4)27-21-17-13-9-11-15-19-23-29-36-3/h32-33H,5-31H2,1-4H3. The van der Waals surface area contributed by atoms with Crippen molar-refractivity contribution in [2.75, 3.05) is 27.4 Å². The predicted molar refractivity (Wildman–Crippen MR) is 164 cm³/mol. The highest BCUT2D eigenvalue weighted by atomic mass is 16.5. The molecule has 0 aromatic rings. The minimum absolute atomic E-state index is 0.0287. The van der Waals surface area contributed by atoms with Gasteiger partial charge >= 0.3 is 5.97 Å². The molecule has 0 radical (unpaired) electrons. The van der Waals surface area contributed by atoms with Crippen molar-refractivity contribution in [2.45, 2.75) is 180 Å². The summed E-state index contributed by atoms with van der Waals surface area (Å²) in [6.07, 6.45) is 31.5. The molecule has 1 atom stereocenters. The number of rotatable bonds is 31. The summed E-state index contributed by atoms with van der Waals surface area (Å²) in [4.78, 5) is 12.2. The molecule has 0 saturated carbocycles. The molecule has 0 spiro atoms. The molecule has 1 unspecified atom stereocenters. The van der Waals surface area contributed by atoms with Gasteiger partial charge in [-0.2, -0.15) is 0 Å². The van der Waals surface area contributed by atoms with Crippen LogP contribution in [0.5, 0.6) is 0 Å². The molecule has 38 heavy (non-hydrogen) atoms. The summed E-state index contributed by atoms with van der Waals surface area (Å²) in [5.41, 5.74) is 0. The largest absolute Gasteiger partial charge is 0.466 e. The van der Waals surface area contributed by atoms with E-state index in [-0.39, 0.29) is 5.97 Å². The van der Waals surface area contributed by atoms with Crippen LogP contribution in [0.15, 0.2) is 0 Å². The molecular weight excluding hydrogens is 472 g/mol. The fraction of sp³-hybridized carbons (Fsp3) is 0.971. The zero-order chi connectivity index (χ0) is 27.9. The van der Waals surface area contributed by atoms with E-state index in [0.29, 0.717) is 25.0 Å². The lowest BCUT2D eigenvalue weighted by atomic mass is 9.93. The molecule has 0 aliphatic heterocycles. The van der Waals surface area contributed by atoms with Crippen LogP contribution in [-0.2, 0) is 19.0 Å². The number of methoxy groups -OCH3 is 2. The maximum atomic E-state index is 12.2. The van der Waals surface area contributed by atoms with Crippen molar-refractivity contribution < 1.29 is 19.0 Å². The van der Waals surface area contributed by atoms with Gasteiger partial charge in [0.1, 0.15) is 0 Å². The lowest BCUT2D eigenvalue weighted by molar-refractivity contribution is -0.145. The second-order valence-corrected chi connectivity index (χ2v) is 11.7. The Morgan fingerprint density at radius 1 is 0.526 bits per heavy atom. The van der Waals surface area contributed by atoms with Crippen molar-refractivity contribution in [3.05, 3.63) is 0 Å². The second-order valence-electron chi connectivity index (χ2n) is 11.7. The van der Waals surface area contributed by atoms with E-state index in [0.717, 1.165) is 13.0 Å². The fourth-order valence-electron chi connectivity index (χ4n) is 5.41. The van der Waals surface area contributed by atoms with Crippen molar-refractivity contribution in [3.8, 4) is 0 Å². The maximum absolute atomic E-state index is 12.2. The number of ether oxygens (including phenoxy) is 3. The predicted octanol–water partition coefficient (Wildman–Crippen LogP) is 10.6. The van der Waals surface area contributed by atoms with Crippen molar-refractivity contribution in [1.82, 2.24) is 0 Å². The first-order valence-corrected chi connectivity index (χ1v) is 16.8. The highest BCUT2D eigenvalue weighted by Crippen LogP contribution is 2.21. The smallest absolute Gasteiger partial charge is 0.306 e. The molecule has 228 valence electrons. The number of carbonyl (C=O) groups is 1. The quantitative estimate of drug-likeness (QED) is 0.0648. The second kappa shape index (κ2) is 30.9. The van der Waals surface area contributed by atoms with Gasteiger partial charge in [-0.1, -0.05) is 129 Å². The summed E-state index contributed by atoms with van der Waals surface area (Å²) in [6, 6.07) is 0. The fourth-order valence-corrected chi connectivity index (χ4v) is 5.41. The van der Waals surface area contributed by atoms with Crippen molar-refractivity contribution in [2.24, 2.45) is 5.92 Å². The third kappa shape index (κ3) is 27.0. The van der Waals surface area contributed by atoms with Gasteiger partial charge in [0.05, 0.1) is 12.7 Å². The molecule has 0 aromatic heterocycles. The molecule has 0 saturated heterocycles. The monoisotopic (exact) mass is 541 g/mol. The lowest BCUT2D eigenvalue weighted by Gasteiger charge is -2.15. The van der Waals surface area contributed by atoms with Gasteiger partial charge in [-0.15, -0.1) is 0 Å². The zero-order valence-corrected chi connectivity index (χ0v) is 26.4. The van der Waals surface area contributed by atoms with Gasteiger partial charge in [-0.25, -0.2) is 0 Å². The molecule has 0 N–H and O–H groups in total. The summed E-state index contributed by atoms with van der Waals surface area (Å²) >= 11 is 0. The molecule has 0 rings (SSSR count). The molecule has 0 fully saturated rings. The van der Waals surface area contributed by atoms with Gasteiger partial charge in [0, 0.05) is 27.2 Å². The first kappa shape index (κ1) is 37.4. The normalized spacial score (nSPS) is 12.3. The van der Waals surface area contributed by atoms with Crippen LogP contribution in [0.3, 0.4) is 0 Å². The van der Waals surface area contributed by atoms with Gasteiger partial charge in [-0.3, -0.25) is 4.79 Å². The molecule has 0 aromatic carbocycles. The van der Waals surface area contributed by atoms with E-state index in [1.165, 1.54) is 148 Å². The van der Waals surface area contributed by atoms with E-state index < -0.39 is 0 Å². The Morgan fingerprint density at radius 3 is 1.37 bits per heavy atom. The lowest BCUT2D eigenvalue weighted by Crippen LogP contribution is -2.12. The average molecular weight is 541 g/mol. The summed E-state index contributed by atoms with van der Waals surface area (Å²) < 4.78 is 16.4. The highest BCUT2D eigenvalue weighted by molar-refractivity contribution is 5.69. The van der Waals surface area contributed by atoms with Crippen LogP contribution in [0.4, 0.5) is 0 Å². The number of esters is 1. The van der Waals surface area contributed by atoms with E-state index in [4.69, 9.17) is 14.2 Å². The van der Waals surface area contributed by atoms with Crippen LogP contribution >= 0.6 is 0 Å². The van der Waals surface area contributed by atoms with E-state index in [9.17, 15) is 4.79 Å². The molecular formula is C34H68O4. The SMILES string of the molecule is CCCCC(CCCC)CC(=O)OCCCCCCCCCCC(CCCCCCCCCCOC)OC. The summed E-state index contributed by atoms with van der Waals surface area (Å²) in [6.45, 7) is 5.98. The van der Waals surface area contributed by atoms with Crippen molar-refractivity contribution >= 4 is 5.97 Å². The van der Waals surface area contributed by atoms with Gasteiger partial charge in [-0.05, 0) is 44.4 Å². The van der Waals surface area contributed by atoms with Crippen LogP contribution in [0.25, 0.3) is 0 Å². The van der Waals surface area contributed by atoms with Crippen LogP contribution in [0.2, 0.25) is 0 Å². The topological polar surface area (TPSA) is 44.8 Å². The Bertz CT molecular complexity index is 459. The summed E-state index contributed by atoms with van der Waals surface area (Å²) in [5, 5.41) is 0. The van der Waals surface area contributed by atoms with Crippen LogP contribution < -0.4 is 0 Å². The Hall–Kier alpha value is -0.610. The Labute approximate surface area is 238 Å². The van der Waals surface area contributed by atoms with Crippen LogP contribution in [-0.4, -0.2) is 39.5 Å². The Morgan fingerprint density at radius 2 is 0.947 bits per heavy atom. The molecule has 0 heterocycles. The van der Waals surface area contributed by atoms with Crippen molar-refractivity contribution in [1.29, 1.82) is 0 Å². The van der Waals surface area contributed by atoms with Crippen LogP contribution in [0.1, 0.15) is 174 Å². The molecule has 0 amide bonds. The van der Waals surface area contributed by atoms with Gasteiger partial charge in [0.2, 0.25) is 0 Å². The Kier molecular flexibility index (Phi) is 30.4. The van der Waals surface area contributed by atoms with E-state index in [2.05, 4.69) is 13.8 Å². The number of hydrogen-bond acceptors (Lipinski definition) is 4. The molecule has 4 heteroatoms. The van der Waals surface area contributed by atoms with Gasteiger partial charge < -0.3 is 14.2 Å². The zero-order valence-electron chi connectivity index (χ0n) is 26.4. The molecule has 4 nitrogen and oxygen atoms in total. The third-order valence-electron chi connectivity index (χ3n) is 8.03. The van der Waals surface area contributed by atoms with E-state index in [1.807, 2.05) is 7.11 Å². The summed E-state index contributed by atoms with van der Waals surface area (Å²) in [7, 11) is 3.68. The van der Waals surface area contributed by atoms with Crippen LogP contribution in [0, 0.1) is 5.92 Å². The molecule has 0 aliphatic rings. The maximum Gasteiger partial charge on any atom is 0.306 e.